The molecule has 7 nitrogen and oxygen atoms in total. The molecule has 2 rings (SSSR count). The summed E-state index contributed by atoms with van der Waals surface area (Å²) in [5, 5.41) is 9.01. The van der Waals surface area contributed by atoms with E-state index in [-0.39, 0.29) is 33.6 Å². The summed E-state index contributed by atoms with van der Waals surface area (Å²) in [4.78, 5) is 0. The van der Waals surface area contributed by atoms with Gasteiger partial charge in [-0.2, -0.15) is 26.9 Å². The Morgan fingerprint density at radius 3 is 2.11 bits per heavy atom. The molecular weight excluding hydrogens is 425 g/mol. The SMILES string of the molecule is COc1cc(NS(=O)(=O)C(F)(F)F)cc(OC)c1Oc1ccc(C#N)c(Cl)c1. The lowest BCUT2D eigenvalue weighted by Crippen LogP contribution is -2.29. The number of nitrogens with zero attached hydrogens (tertiary/aromatic N) is 1. The monoisotopic (exact) mass is 436 g/mol. The number of halogens is 4. The molecule has 28 heavy (non-hydrogen) atoms. The maximum Gasteiger partial charge on any atom is 0.516 e. The van der Waals surface area contributed by atoms with Crippen LogP contribution in [0.1, 0.15) is 5.56 Å². The molecule has 12 heteroatoms. The molecule has 0 heterocycles. The van der Waals surface area contributed by atoms with Crippen molar-refractivity contribution in [2.24, 2.45) is 0 Å². The average Bonchev–Trinajstić information content (AvgIpc) is 2.61. The fourth-order valence-electron chi connectivity index (χ4n) is 2.02. The smallest absolute Gasteiger partial charge is 0.493 e. The van der Waals surface area contributed by atoms with Crippen LogP contribution in [0.4, 0.5) is 18.9 Å². The Hall–Kier alpha value is -2.84. The number of hydrogen-bond donors (Lipinski definition) is 1. The lowest BCUT2D eigenvalue weighted by Gasteiger charge is -2.17. The van der Waals surface area contributed by atoms with Gasteiger partial charge in [0.1, 0.15) is 11.8 Å². The largest absolute Gasteiger partial charge is 0.516 e. The second-order valence-electron chi connectivity index (χ2n) is 5.12. The van der Waals surface area contributed by atoms with Gasteiger partial charge < -0.3 is 14.2 Å². The number of anilines is 1. The van der Waals surface area contributed by atoms with E-state index >= 15 is 0 Å². The normalized spacial score (nSPS) is 11.5. The lowest BCUT2D eigenvalue weighted by atomic mass is 10.2. The molecule has 1 N–H and O–H groups in total. The van der Waals surface area contributed by atoms with E-state index in [0.717, 1.165) is 12.1 Å². The van der Waals surface area contributed by atoms with E-state index in [1.165, 1.54) is 37.1 Å². The molecule has 0 unspecified atom stereocenters. The zero-order valence-corrected chi connectivity index (χ0v) is 15.9. The molecule has 0 aliphatic rings. The van der Waals surface area contributed by atoms with Crippen LogP contribution in [-0.2, 0) is 10.0 Å². The van der Waals surface area contributed by atoms with Crippen molar-refractivity contribution in [1.82, 2.24) is 0 Å². The number of ether oxygens (including phenoxy) is 3. The number of alkyl halides is 3. The summed E-state index contributed by atoms with van der Waals surface area (Å²) in [7, 11) is -3.23. The molecule has 0 fully saturated rings. The highest BCUT2D eigenvalue weighted by molar-refractivity contribution is 7.93. The van der Waals surface area contributed by atoms with Gasteiger partial charge in [-0.1, -0.05) is 11.6 Å². The first-order chi connectivity index (χ1) is 13.0. The van der Waals surface area contributed by atoms with Crippen LogP contribution in [0.15, 0.2) is 30.3 Å². The summed E-state index contributed by atoms with van der Waals surface area (Å²) in [6.07, 6.45) is 0. The van der Waals surface area contributed by atoms with Crippen molar-refractivity contribution >= 4 is 27.3 Å². The van der Waals surface area contributed by atoms with Crippen molar-refractivity contribution < 1.29 is 35.8 Å². The Kier molecular flexibility index (Phi) is 6.16. The first kappa shape index (κ1) is 21.5. The van der Waals surface area contributed by atoms with Crippen LogP contribution in [0, 0.1) is 11.3 Å². The quantitative estimate of drug-likeness (QED) is 0.725. The predicted molar refractivity (Wildman–Crippen MR) is 94.4 cm³/mol. The number of rotatable bonds is 6. The molecule has 0 bridgehead atoms. The first-order valence-electron chi connectivity index (χ1n) is 7.25. The van der Waals surface area contributed by atoms with Gasteiger partial charge in [0, 0.05) is 18.2 Å². The number of hydrogen-bond acceptors (Lipinski definition) is 6. The Morgan fingerprint density at radius 1 is 1.11 bits per heavy atom. The van der Waals surface area contributed by atoms with Gasteiger partial charge >= 0.3 is 15.5 Å². The Balaban J connectivity index is 2.46. The highest BCUT2D eigenvalue weighted by atomic mass is 35.5. The van der Waals surface area contributed by atoms with E-state index in [1.54, 1.807) is 0 Å². The van der Waals surface area contributed by atoms with E-state index in [1.807, 2.05) is 6.07 Å². The summed E-state index contributed by atoms with van der Waals surface area (Å²) >= 11 is 5.94. The van der Waals surface area contributed by atoms with Crippen molar-refractivity contribution in [3.63, 3.8) is 0 Å². The molecule has 0 aliphatic heterocycles. The van der Waals surface area contributed by atoms with Gasteiger partial charge in [-0.25, -0.2) is 0 Å². The Labute approximate surface area is 163 Å². The minimum atomic E-state index is -5.64. The van der Waals surface area contributed by atoms with Gasteiger partial charge in [0.2, 0.25) is 5.75 Å². The topological polar surface area (TPSA) is 97.7 Å². The summed E-state index contributed by atoms with van der Waals surface area (Å²) in [5.74, 6) is -0.0793. The highest BCUT2D eigenvalue weighted by Gasteiger charge is 2.46. The van der Waals surface area contributed by atoms with Crippen molar-refractivity contribution in [1.29, 1.82) is 5.26 Å². The van der Waals surface area contributed by atoms with Crippen LogP contribution in [-0.4, -0.2) is 28.1 Å². The zero-order chi connectivity index (χ0) is 21.1. The standard InChI is InChI=1S/C16H12ClF3N2O5S/c1-25-13-5-10(22-28(23,24)16(18,19)20)6-14(26-2)15(13)27-11-4-3-9(8-21)12(17)7-11/h3-7,22H,1-2H3. The van der Waals surface area contributed by atoms with Gasteiger partial charge in [-0.05, 0) is 12.1 Å². The number of sulfonamides is 1. The molecule has 150 valence electrons. The van der Waals surface area contributed by atoms with Crippen LogP contribution < -0.4 is 18.9 Å². The van der Waals surface area contributed by atoms with Crippen molar-refractivity contribution in [3.05, 3.63) is 40.9 Å². The van der Waals surface area contributed by atoms with Crippen LogP contribution in [0.5, 0.6) is 23.0 Å². The predicted octanol–water partition coefficient (Wildman–Crippen LogP) is 4.28. The van der Waals surface area contributed by atoms with Gasteiger partial charge in [0.15, 0.2) is 11.5 Å². The second kappa shape index (κ2) is 8.04. The third-order valence-electron chi connectivity index (χ3n) is 3.30. The van der Waals surface area contributed by atoms with E-state index in [9.17, 15) is 21.6 Å². The van der Waals surface area contributed by atoms with Gasteiger partial charge in [0.05, 0.1) is 30.5 Å². The maximum absolute atomic E-state index is 12.6. The van der Waals surface area contributed by atoms with Gasteiger partial charge in [-0.3, -0.25) is 4.72 Å². The molecule has 0 saturated carbocycles. The molecule has 0 atom stereocenters. The third-order valence-corrected chi connectivity index (χ3v) is 4.73. The van der Waals surface area contributed by atoms with Crippen molar-refractivity contribution in [2.45, 2.75) is 5.51 Å². The summed E-state index contributed by atoms with van der Waals surface area (Å²) in [5.41, 5.74) is -5.73. The number of nitriles is 1. The van der Waals surface area contributed by atoms with Crippen LogP contribution >= 0.6 is 11.6 Å². The molecular formula is C16H12ClF3N2O5S. The molecule has 0 aliphatic carbocycles. The molecule has 0 spiro atoms. The highest BCUT2D eigenvalue weighted by Crippen LogP contribution is 2.43. The number of benzene rings is 2. The van der Waals surface area contributed by atoms with E-state index in [0.29, 0.717) is 0 Å². The first-order valence-corrected chi connectivity index (χ1v) is 9.11. The van der Waals surface area contributed by atoms with Crippen molar-refractivity contribution in [2.75, 3.05) is 18.9 Å². The fourth-order valence-corrected chi connectivity index (χ4v) is 2.78. The zero-order valence-electron chi connectivity index (χ0n) is 14.3. The molecule has 0 aromatic heterocycles. The van der Waals surface area contributed by atoms with Crippen LogP contribution in [0.2, 0.25) is 5.02 Å². The summed E-state index contributed by atoms with van der Waals surface area (Å²) in [6.45, 7) is 0. The lowest BCUT2D eigenvalue weighted by molar-refractivity contribution is -0.0429. The van der Waals surface area contributed by atoms with Crippen LogP contribution in [0.3, 0.4) is 0 Å². The minimum Gasteiger partial charge on any atom is -0.493 e. The molecule has 0 amide bonds. The number of methoxy groups -OCH3 is 2. The fraction of sp³-hybridized carbons (Fsp3) is 0.188. The summed E-state index contributed by atoms with van der Waals surface area (Å²) < 4.78 is 77.5. The van der Waals surface area contributed by atoms with E-state index in [4.69, 9.17) is 31.1 Å². The van der Waals surface area contributed by atoms with E-state index < -0.39 is 21.2 Å². The van der Waals surface area contributed by atoms with Gasteiger partial charge in [-0.15, -0.1) is 0 Å². The Bertz CT molecular complexity index is 1010. The maximum atomic E-state index is 12.6. The molecule has 2 aromatic carbocycles. The molecule has 0 radical (unpaired) electrons. The minimum absolute atomic E-state index is 0.0410. The van der Waals surface area contributed by atoms with Gasteiger partial charge in [0.25, 0.3) is 0 Å². The third kappa shape index (κ3) is 4.52. The number of nitrogens with one attached hydrogen (secondary N) is 1. The Morgan fingerprint density at radius 2 is 1.68 bits per heavy atom. The second-order valence-corrected chi connectivity index (χ2v) is 7.20. The van der Waals surface area contributed by atoms with E-state index in [2.05, 4.69) is 0 Å². The molecule has 0 saturated heterocycles. The van der Waals surface area contributed by atoms with Crippen LogP contribution in [0.25, 0.3) is 0 Å². The average molecular weight is 437 g/mol. The van der Waals surface area contributed by atoms with Crippen molar-refractivity contribution in [3.8, 4) is 29.1 Å². The summed E-state index contributed by atoms with van der Waals surface area (Å²) in [6, 6.07) is 8.05. The molecule has 2 aromatic rings.